The number of fused-ring (bicyclic) bond motifs is 1. The van der Waals surface area contributed by atoms with Gasteiger partial charge in [0.15, 0.2) is 5.17 Å². The van der Waals surface area contributed by atoms with Crippen LogP contribution >= 0.6 is 11.8 Å². The van der Waals surface area contributed by atoms with Gasteiger partial charge in [-0.2, -0.15) is 23.3 Å². The van der Waals surface area contributed by atoms with Crippen LogP contribution in [0.5, 0.6) is 0 Å². The molecular formula is C29H31F3N6O2S. The van der Waals surface area contributed by atoms with Gasteiger partial charge in [-0.1, -0.05) is 23.8 Å². The molecule has 0 aliphatic carbocycles. The maximum absolute atomic E-state index is 13.6. The van der Waals surface area contributed by atoms with Crippen molar-refractivity contribution in [1.82, 2.24) is 25.3 Å². The van der Waals surface area contributed by atoms with Crippen molar-refractivity contribution in [1.29, 1.82) is 0 Å². The van der Waals surface area contributed by atoms with Crippen molar-refractivity contribution in [2.24, 2.45) is 4.99 Å². The normalized spacial score (nSPS) is 19.2. The van der Waals surface area contributed by atoms with E-state index in [-0.39, 0.29) is 29.5 Å². The first-order chi connectivity index (χ1) is 19.3. The molecule has 1 fully saturated rings. The Hall–Kier alpha value is -3.64. The van der Waals surface area contributed by atoms with Crippen LogP contribution in [0, 0.1) is 6.92 Å². The number of benzene rings is 2. The van der Waals surface area contributed by atoms with Crippen molar-refractivity contribution < 1.29 is 22.8 Å². The molecule has 0 radical (unpaired) electrons. The summed E-state index contributed by atoms with van der Waals surface area (Å²) in [6.45, 7) is 8.99. The number of carbonyl (C=O) groups excluding carboxylic acids is 2. The number of alkyl halides is 3. The highest BCUT2D eigenvalue weighted by atomic mass is 32.2. The molecule has 1 saturated heterocycles. The number of hydrogen-bond acceptors (Lipinski definition) is 6. The highest BCUT2D eigenvalue weighted by Gasteiger charge is 2.34. The predicted octanol–water partition coefficient (Wildman–Crippen LogP) is 4.57. The smallest absolute Gasteiger partial charge is 0.350 e. The topological polar surface area (TPSA) is 91.6 Å². The van der Waals surface area contributed by atoms with E-state index in [1.165, 1.54) is 17.8 Å². The lowest BCUT2D eigenvalue weighted by Crippen LogP contribution is -2.60. The molecule has 2 aliphatic rings. The first-order valence-electron chi connectivity index (χ1n) is 13.2. The van der Waals surface area contributed by atoms with Gasteiger partial charge in [0.05, 0.1) is 28.7 Å². The monoisotopic (exact) mass is 584 g/mol. The Labute approximate surface area is 240 Å². The number of rotatable bonds is 4. The molecule has 5 rings (SSSR count). The van der Waals surface area contributed by atoms with Crippen LogP contribution in [0.3, 0.4) is 0 Å². The number of carbonyl (C=O) groups is 2. The van der Waals surface area contributed by atoms with E-state index in [0.717, 1.165) is 17.0 Å². The molecule has 0 saturated carbocycles. The highest BCUT2D eigenvalue weighted by molar-refractivity contribution is 8.18. The first kappa shape index (κ1) is 28.9. The minimum Gasteiger partial charge on any atom is -0.350 e. The Balaban J connectivity index is 1.30. The molecule has 12 heteroatoms. The third-order valence-corrected chi connectivity index (χ3v) is 7.77. The zero-order valence-electron chi connectivity index (χ0n) is 23.2. The molecule has 216 valence electrons. The van der Waals surface area contributed by atoms with E-state index in [1.54, 1.807) is 42.1 Å². The fraction of sp³-hybridized carbons (Fsp3) is 0.379. The summed E-state index contributed by atoms with van der Waals surface area (Å²) in [4.78, 5) is 32.0. The summed E-state index contributed by atoms with van der Waals surface area (Å²) in [6.07, 6.45) is -1.11. The van der Waals surface area contributed by atoms with Crippen LogP contribution in [0.2, 0.25) is 0 Å². The standard InChI is InChI=1S/C29H31F3N6O2S/c1-17-5-7-19(21(11-17)29(30,31)32)15-38-23-8-6-18(12-20(23)14-34-38)13-24-26(40)35-27(41-24)37-10-9-33-22(16-37)25(39)36-28(2,3)4/h5-8,11-14,22,33H,9-10,15-16H2,1-4H3,(H,36,39)/b24-13-/t22-/m0/s1. The van der Waals surface area contributed by atoms with Crippen molar-refractivity contribution in [3.8, 4) is 0 Å². The number of amides is 2. The van der Waals surface area contributed by atoms with Gasteiger partial charge in [0.25, 0.3) is 5.91 Å². The molecule has 2 N–H and O–H groups in total. The second kappa shape index (κ2) is 11.0. The van der Waals surface area contributed by atoms with Crippen LogP contribution in [-0.2, 0) is 22.3 Å². The van der Waals surface area contributed by atoms with E-state index < -0.39 is 17.8 Å². The van der Waals surface area contributed by atoms with Gasteiger partial charge >= 0.3 is 6.18 Å². The van der Waals surface area contributed by atoms with Crippen molar-refractivity contribution in [2.75, 3.05) is 19.6 Å². The number of aryl methyl sites for hydroxylation is 1. The number of piperazine rings is 1. The number of nitrogens with one attached hydrogen (secondary N) is 2. The van der Waals surface area contributed by atoms with Gasteiger partial charge in [0.1, 0.15) is 6.04 Å². The minimum atomic E-state index is -4.46. The largest absolute Gasteiger partial charge is 0.416 e. The summed E-state index contributed by atoms with van der Waals surface area (Å²) >= 11 is 1.27. The summed E-state index contributed by atoms with van der Waals surface area (Å²) in [5.74, 6) is -0.451. The molecule has 0 unspecified atom stereocenters. The van der Waals surface area contributed by atoms with Gasteiger partial charge in [0.2, 0.25) is 5.91 Å². The molecule has 2 aliphatic heterocycles. The number of thioether (sulfide) groups is 1. The Morgan fingerprint density at radius 2 is 1.98 bits per heavy atom. The zero-order valence-corrected chi connectivity index (χ0v) is 24.0. The maximum atomic E-state index is 13.6. The lowest BCUT2D eigenvalue weighted by Gasteiger charge is -2.35. The second-order valence-electron chi connectivity index (χ2n) is 11.3. The Morgan fingerprint density at radius 3 is 2.71 bits per heavy atom. The highest BCUT2D eigenvalue weighted by Crippen LogP contribution is 2.34. The number of halogens is 3. The predicted molar refractivity (Wildman–Crippen MR) is 154 cm³/mol. The lowest BCUT2D eigenvalue weighted by atomic mass is 10.0. The quantitative estimate of drug-likeness (QED) is 0.437. The molecule has 3 aromatic rings. The second-order valence-corrected chi connectivity index (χ2v) is 12.3. The number of aliphatic imine (C=N–C) groups is 1. The van der Waals surface area contributed by atoms with Gasteiger partial charge < -0.3 is 15.5 Å². The molecule has 0 spiro atoms. The minimum absolute atomic E-state index is 0.0238. The molecular weight excluding hydrogens is 553 g/mol. The Kier molecular flexibility index (Phi) is 7.73. The molecule has 1 atom stereocenters. The van der Waals surface area contributed by atoms with E-state index in [4.69, 9.17) is 0 Å². The molecule has 0 bridgehead atoms. The van der Waals surface area contributed by atoms with Crippen LogP contribution in [0.25, 0.3) is 17.0 Å². The number of hydrogen-bond donors (Lipinski definition) is 2. The fourth-order valence-corrected chi connectivity index (χ4v) is 5.76. The van der Waals surface area contributed by atoms with E-state index in [9.17, 15) is 22.8 Å². The molecule has 8 nitrogen and oxygen atoms in total. The van der Waals surface area contributed by atoms with Crippen molar-refractivity contribution in [3.63, 3.8) is 0 Å². The summed E-state index contributed by atoms with van der Waals surface area (Å²) in [7, 11) is 0. The van der Waals surface area contributed by atoms with Gasteiger partial charge in [-0.25, -0.2) is 0 Å². The van der Waals surface area contributed by atoms with E-state index in [0.29, 0.717) is 40.8 Å². The van der Waals surface area contributed by atoms with Crippen LogP contribution < -0.4 is 10.6 Å². The molecule has 3 heterocycles. The van der Waals surface area contributed by atoms with Crippen LogP contribution in [0.1, 0.15) is 43.0 Å². The number of nitrogens with zero attached hydrogens (tertiary/aromatic N) is 4. The number of amidine groups is 1. The third kappa shape index (κ3) is 6.65. The van der Waals surface area contributed by atoms with Crippen molar-refractivity contribution in [2.45, 2.75) is 52.0 Å². The van der Waals surface area contributed by atoms with Crippen LogP contribution in [-0.4, -0.2) is 62.9 Å². The molecule has 1 aromatic heterocycles. The molecule has 2 amide bonds. The van der Waals surface area contributed by atoms with E-state index >= 15 is 0 Å². The van der Waals surface area contributed by atoms with Gasteiger partial charge in [0, 0.05) is 30.6 Å². The van der Waals surface area contributed by atoms with E-state index in [1.807, 2.05) is 31.7 Å². The van der Waals surface area contributed by atoms with Crippen molar-refractivity contribution >= 4 is 45.7 Å². The lowest BCUT2D eigenvalue weighted by molar-refractivity contribution is -0.138. The third-order valence-electron chi connectivity index (χ3n) is 6.72. The van der Waals surface area contributed by atoms with Crippen LogP contribution in [0.15, 0.2) is 52.5 Å². The van der Waals surface area contributed by atoms with Crippen LogP contribution in [0.4, 0.5) is 13.2 Å². The molecule has 2 aromatic carbocycles. The summed E-state index contributed by atoms with van der Waals surface area (Å²) in [5, 5.41) is 11.8. The summed E-state index contributed by atoms with van der Waals surface area (Å²) in [6, 6.07) is 9.32. The Morgan fingerprint density at radius 1 is 1.20 bits per heavy atom. The van der Waals surface area contributed by atoms with Gasteiger partial charge in [-0.15, -0.1) is 0 Å². The average Bonchev–Trinajstić information content (AvgIpc) is 3.46. The van der Waals surface area contributed by atoms with Gasteiger partial charge in [-0.3, -0.25) is 14.3 Å². The SMILES string of the molecule is Cc1ccc(Cn2ncc3cc(/C=C4\SC(N5CCN[C@H](C(=O)NC(C)(C)C)C5)=NC4=O)ccc32)c(C(F)(F)F)c1. The Bertz CT molecular complexity index is 1570. The average molecular weight is 585 g/mol. The summed E-state index contributed by atoms with van der Waals surface area (Å²) < 4.78 is 42.4. The van der Waals surface area contributed by atoms with E-state index in [2.05, 4.69) is 20.7 Å². The van der Waals surface area contributed by atoms with Crippen molar-refractivity contribution in [3.05, 3.63) is 69.8 Å². The number of aromatic nitrogens is 2. The van der Waals surface area contributed by atoms with Gasteiger partial charge in [-0.05, 0) is 74.9 Å². The maximum Gasteiger partial charge on any atom is 0.416 e. The molecule has 41 heavy (non-hydrogen) atoms. The summed E-state index contributed by atoms with van der Waals surface area (Å²) in [5.41, 5.74) is 1.10. The fourth-order valence-electron chi connectivity index (χ4n) is 4.82. The first-order valence-corrected chi connectivity index (χ1v) is 14.0. The zero-order chi connectivity index (χ0) is 29.5.